The van der Waals surface area contributed by atoms with Gasteiger partial charge in [-0.1, -0.05) is 0 Å². The van der Waals surface area contributed by atoms with E-state index >= 15 is 0 Å². The molecule has 1 aromatic carbocycles. The minimum atomic E-state index is -2.86. The lowest BCUT2D eigenvalue weighted by Gasteiger charge is -2.30. The molecule has 3 N–H and O–H groups in total. The molecule has 9 heteroatoms. The SMILES string of the molecule is NC(=O)C(NC1=COCC2=C3C1=CN=C(c1ccc(OC(F)F)cc1)N3CC2)C1CC1. The van der Waals surface area contributed by atoms with Crippen molar-refractivity contribution in [2.45, 2.75) is 31.9 Å². The van der Waals surface area contributed by atoms with Crippen molar-refractivity contribution < 1.29 is 23.0 Å². The van der Waals surface area contributed by atoms with Crippen LogP contribution >= 0.6 is 0 Å². The first-order valence-corrected chi connectivity index (χ1v) is 10.2. The van der Waals surface area contributed by atoms with Crippen LogP contribution in [0.15, 0.2) is 64.3 Å². The van der Waals surface area contributed by atoms with Gasteiger partial charge in [-0.15, -0.1) is 0 Å². The van der Waals surface area contributed by atoms with E-state index in [0.29, 0.717) is 12.3 Å². The molecule has 7 nitrogen and oxygen atoms in total. The van der Waals surface area contributed by atoms with Gasteiger partial charge in [-0.25, -0.2) is 4.99 Å². The summed E-state index contributed by atoms with van der Waals surface area (Å²) in [6, 6.07) is 5.99. The van der Waals surface area contributed by atoms with Crippen LogP contribution in [-0.2, 0) is 9.53 Å². The summed E-state index contributed by atoms with van der Waals surface area (Å²) >= 11 is 0. The largest absolute Gasteiger partial charge is 0.495 e. The molecule has 0 spiro atoms. The molecule has 3 aliphatic heterocycles. The van der Waals surface area contributed by atoms with Gasteiger partial charge in [-0.05, 0) is 55.0 Å². The number of nitrogens with one attached hydrogen (secondary N) is 1. The number of primary amides is 1. The second-order valence-corrected chi connectivity index (χ2v) is 7.96. The number of halogens is 2. The molecule has 4 aliphatic rings. The number of nitrogens with two attached hydrogens (primary N) is 1. The molecule has 0 saturated heterocycles. The lowest BCUT2D eigenvalue weighted by Crippen LogP contribution is -2.43. The summed E-state index contributed by atoms with van der Waals surface area (Å²) in [5.74, 6) is 0.693. The van der Waals surface area contributed by atoms with Gasteiger partial charge in [0.15, 0.2) is 0 Å². The molecule has 1 aliphatic carbocycles. The highest BCUT2D eigenvalue weighted by molar-refractivity contribution is 6.02. The maximum atomic E-state index is 12.4. The summed E-state index contributed by atoms with van der Waals surface area (Å²) in [4.78, 5) is 18.7. The molecule has 5 rings (SSSR count). The van der Waals surface area contributed by atoms with Crippen LogP contribution < -0.4 is 15.8 Å². The predicted molar refractivity (Wildman–Crippen MR) is 109 cm³/mol. The van der Waals surface area contributed by atoms with Crippen LogP contribution in [0.25, 0.3) is 0 Å². The van der Waals surface area contributed by atoms with Crippen LogP contribution in [0.1, 0.15) is 24.8 Å². The van der Waals surface area contributed by atoms with Gasteiger partial charge < -0.3 is 25.4 Å². The highest BCUT2D eigenvalue weighted by Gasteiger charge is 2.39. The van der Waals surface area contributed by atoms with Crippen LogP contribution in [0.3, 0.4) is 0 Å². The van der Waals surface area contributed by atoms with Gasteiger partial charge in [0, 0.05) is 23.9 Å². The smallest absolute Gasteiger partial charge is 0.387 e. The molecular formula is C22H22F2N4O3. The van der Waals surface area contributed by atoms with Crippen molar-refractivity contribution in [2.24, 2.45) is 16.6 Å². The molecule has 1 unspecified atom stereocenters. The normalized spacial score (nSPS) is 20.9. The van der Waals surface area contributed by atoms with Gasteiger partial charge in [0.1, 0.15) is 30.5 Å². The van der Waals surface area contributed by atoms with E-state index in [4.69, 9.17) is 10.5 Å². The van der Waals surface area contributed by atoms with Crippen molar-refractivity contribution in [3.8, 4) is 5.75 Å². The first-order chi connectivity index (χ1) is 15.0. The topological polar surface area (TPSA) is 89.2 Å². The van der Waals surface area contributed by atoms with Crippen LogP contribution in [-0.4, -0.2) is 42.4 Å². The monoisotopic (exact) mass is 428 g/mol. The van der Waals surface area contributed by atoms with E-state index < -0.39 is 12.7 Å². The Morgan fingerprint density at radius 2 is 2.06 bits per heavy atom. The van der Waals surface area contributed by atoms with Crippen LogP contribution in [0.4, 0.5) is 8.78 Å². The molecule has 1 aromatic rings. The Labute approximate surface area is 177 Å². The van der Waals surface area contributed by atoms with Gasteiger partial charge >= 0.3 is 6.61 Å². The molecular weight excluding hydrogens is 406 g/mol. The second kappa shape index (κ2) is 7.72. The third-order valence-corrected chi connectivity index (χ3v) is 5.87. The number of hydrogen-bond donors (Lipinski definition) is 2. The highest BCUT2D eigenvalue weighted by Crippen LogP contribution is 2.39. The first kappa shape index (κ1) is 19.6. The van der Waals surface area contributed by atoms with Gasteiger partial charge in [0.25, 0.3) is 0 Å². The number of hydrogen-bond acceptors (Lipinski definition) is 6. The maximum Gasteiger partial charge on any atom is 0.387 e. The zero-order chi connectivity index (χ0) is 21.5. The number of rotatable bonds is 7. The lowest BCUT2D eigenvalue weighted by molar-refractivity contribution is -0.120. The molecule has 0 bridgehead atoms. The van der Waals surface area contributed by atoms with E-state index in [1.165, 1.54) is 12.1 Å². The van der Waals surface area contributed by atoms with Crippen LogP contribution in [0.5, 0.6) is 5.75 Å². The van der Waals surface area contributed by atoms with E-state index in [9.17, 15) is 13.6 Å². The second-order valence-electron chi connectivity index (χ2n) is 7.96. The number of nitrogens with zero attached hydrogens (tertiary/aromatic N) is 2. The van der Waals surface area contributed by atoms with Gasteiger partial charge in [0.05, 0.1) is 11.4 Å². The zero-order valence-electron chi connectivity index (χ0n) is 16.7. The third-order valence-electron chi connectivity index (χ3n) is 5.87. The number of ether oxygens (including phenoxy) is 2. The number of amides is 1. The van der Waals surface area contributed by atoms with Crippen molar-refractivity contribution in [1.29, 1.82) is 0 Å². The predicted octanol–water partition coefficient (Wildman–Crippen LogP) is 2.62. The fourth-order valence-electron chi connectivity index (χ4n) is 4.24. The van der Waals surface area contributed by atoms with Crippen molar-refractivity contribution >= 4 is 11.7 Å². The molecule has 0 aromatic heterocycles. The zero-order valence-corrected chi connectivity index (χ0v) is 16.7. The minimum Gasteiger partial charge on any atom is -0.495 e. The Hall–Kier alpha value is -3.36. The van der Waals surface area contributed by atoms with E-state index in [1.807, 2.05) is 0 Å². The molecule has 31 heavy (non-hydrogen) atoms. The fraction of sp³-hybridized carbons (Fsp3) is 0.364. The number of carbonyl (C=O) groups excluding carboxylic acids is 1. The van der Waals surface area contributed by atoms with E-state index in [0.717, 1.165) is 54.0 Å². The molecule has 0 radical (unpaired) electrons. The van der Waals surface area contributed by atoms with Crippen molar-refractivity contribution in [3.05, 3.63) is 64.8 Å². The Balaban J connectivity index is 1.46. The number of benzene rings is 1. The Bertz CT molecular complexity index is 1030. The summed E-state index contributed by atoms with van der Waals surface area (Å²) in [6.45, 7) is -1.68. The number of amidine groups is 1. The van der Waals surface area contributed by atoms with Gasteiger partial charge in [-0.3, -0.25) is 4.79 Å². The first-order valence-electron chi connectivity index (χ1n) is 10.2. The molecule has 1 fully saturated rings. The number of alkyl halides is 2. The van der Waals surface area contributed by atoms with Crippen LogP contribution in [0.2, 0.25) is 0 Å². The van der Waals surface area contributed by atoms with Crippen LogP contribution in [0, 0.1) is 5.92 Å². The number of aliphatic imine (C=N–C) groups is 1. The number of carbonyl (C=O) groups is 1. The highest BCUT2D eigenvalue weighted by atomic mass is 19.3. The Morgan fingerprint density at radius 3 is 2.74 bits per heavy atom. The molecule has 3 heterocycles. The molecule has 1 amide bonds. The quantitative estimate of drug-likeness (QED) is 0.697. The maximum absolute atomic E-state index is 12.4. The summed E-state index contributed by atoms with van der Waals surface area (Å²) < 4.78 is 35.1. The average molecular weight is 428 g/mol. The Kier molecular flexibility index (Phi) is 4.88. The van der Waals surface area contributed by atoms with E-state index in [-0.39, 0.29) is 17.6 Å². The molecule has 1 atom stereocenters. The summed E-state index contributed by atoms with van der Waals surface area (Å²) in [5.41, 5.74) is 10.1. The fourth-order valence-corrected chi connectivity index (χ4v) is 4.24. The minimum absolute atomic E-state index is 0.0996. The van der Waals surface area contributed by atoms with Crippen molar-refractivity contribution in [3.63, 3.8) is 0 Å². The van der Waals surface area contributed by atoms with E-state index in [2.05, 4.69) is 19.9 Å². The summed E-state index contributed by atoms with van der Waals surface area (Å²) in [5, 5.41) is 3.28. The summed E-state index contributed by atoms with van der Waals surface area (Å²) in [7, 11) is 0. The van der Waals surface area contributed by atoms with Crippen molar-refractivity contribution in [2.75, 3.05) is 13.2 Å². The lowest BCUT2D eigenvalue weighted by atomic mass is 10.0. The van der Waals surface area contributed by atoms with Gasteiger partial charge in [-0.2, -0.15) is 8.78 Å². The summed E-state index contributed by atoms with van der Waals surface area (Å²) in [6.07, 6.45) is 6.16. The molecule has 1 saturated carbocycles. The van der Waals surface area contributed by atoms with E-state index in [1.54, 1.807) is 24.6 Å². The average Bonchev–Trinajstić information content (AvgIpc) is 3.51. The standard InChI is InChI=1S/C22H22F2N4O3/c23-22(24)31-15-5-3-13(4-6-15)21-26-9-16-17(27-18(20(25)29)12-1-2-12)11-30-10-14-7-8-28(21)19(14)16/h3-6,9,11-12,18,22,27H,1-2,7-8,10H2,(H2,25,29). The Morgan fingerprint density at radius 1 is 1.29 bits per heavy atom. The van der Waals surface area contributed by atoms with Crippen molar-refractivity contribution in [1.82, 2.24) is 10.2 Å². The third kappa shape index (κ3) is 3.75. The molecule has 162 valence electrons. The van der Waals surface area contributed by atoms with Gasteiger partial charge in [0.2, 0.25) is 5.91 Å².